The number of guanidine groups is 1. The number of methoxy groups -OCH3 is 1. The summed E-state index contributed by atoms with van der Waals surface area (Å²) in [5.74, 6) is 0.885. The zero-order chi connectivity index (χ0) is 14.4. The fourth-order valence-corrected chi connectivity index (χ4v) is 2.28. The van der Waals surface area contributed by atoms with Crippen molar-refractivity contribution in [2.45, 2.75) is 12.6 Å². The Balaban J connectivity index is 1.89. The smallest absolute Gasteiger partial charge is 0.194 e. The van der Waals surface area contributed by atoms with Crippen LogP contribution < -0.4 is 5.32 Å². The number of hydrogen-bond donors (Lipinski definition) is 1. The molecule has 1 saturated heterocycles. The molecule has 2 heterocycles. The van der Waals surface area contributed by atoms with Crippen LogP contribution in [0.5, 0.6) is 0 Å². The molecule has 112 valence electrons. The number of nitrogens with zero attached hydrogens (tertiary/aromatic N) is 4. The average Bonchev–Trinajstić information content (AvgIpc) is 2.86. The van der Waals surface area contributed by atoms with E-state index in [-0.39, 0.29) is 6.10 Å². The maximum absolute atomic E-state index is 5.65. The van der Waals surface area contributed by atoms with Gasteiger partial charge in [-0.1, -0.05) is 0 Å². The molecule has 0 bridgehead atoms. The second-order valence-electron chi connectivity index (χ2n) is 4.74. The Morgan fingerprint density at radius 1 is 1.65 bits per heavy atom. The van der Waals surface area contributed by atoms with Gasteiger partial charge in [-0.2, -0.15) is 5.10 Å². The van der Waals surface area contributed by atoms with Crippen LogP contribution in [0.2, 0.25) is 0 Å². The summed E-state index contributed by atoms with van der Waals surface area (Å²) in [6.45, 7) is 3.63. The molecule has 2 rings (SSSR count). The van der Waals surface area contributed by atoms with E-state index in [1.807, 2.05) is 17.8 Å². The van der Waals surface area contributed by atoms with Crippen LogP contribution in [0.15, 0.2) is 17.3 Å². The molecule has 1 aromatic rings. The number of morpholine rings is 1. The van der Waals surface area contributed by atoms with Gasteiger partial charge in [0.2, 0.25) is 0 Å². The van der Waals surface area contributed by atoms with Crippen LogP contribution in [-0.4, -0.2) is 67.2 Å². The highest BCUT2D eigenvalue weighted by Crippen LogP contribution is 2.06. The minimum Gasteiger partial charge on any atom is -0.382 e. The molecule has 1 aliphatic heterocycles. The van der Waals surface area contributed by atoms with Crippen molar-refractivity contribution in [3.63, 3.8) is 0 Å². The van der Waals surface area contributed by atoms with Crippen LogP contribution in [0.25, 0.3) is 0 Å². The summed E-state index contributed by atoms with van der Waals surface area (Å²) >= 11 is 0. The molecule has 20 heavy (non-hydrogen) atoms. The Bertz CT molecular complexity index is 444. The van der Waals surface area contributed by atoms with Crippen molar-refractivity contribution < 1.29 is 9.47 Å². The molecule has 1 fully saturated rings. The maximum Gasteiger partial charge on any atom is 0.194 e. The third-order valence-corrected chi connectivity index (χ3v) is 3.35. The van der Waals surface area contributed by atoms with E-state index in [1.54, 1.807) is 20.4 Å². The van der Waals surface area contributed by atoms with E-state index in [0.717, 1.165) is 24.7 Å². The summed E-state index contributed by atoms with van der Waals surface area (Å²) < 4.78 is 12.7. The molecule has 0 aliphatic carbocycles. The Morgan fingerprint density at radius 2 is 2.50 bits per heavy atom. The predicted molar refractivity (Wildman–Crippen MR) is 76.6 cm³/mol. The first-order chi connectivity index (χ1) is 9.74. The van der Waals surface area contributed by atoms with Crippen LogP contribution in [0.1, 0.15) is 5.69 Å². The molecule has 0 amide bonds. The molecule has 1 N–H and O–H groups in total. The van der Waals surface area contributed by atoms with Gasteiger partial charge in [0.1, 0.15) is 0 Å². The topological polar surface area (TPSA) is 63.9 Å². The summed E-state index contributed by atoms with van der Waals surface area (Å²) in [6.07, 6.45) is 1.90. The van der Waals surface area contributed by atoms with E-state index in [2.05, 4.69) is 20.3 Å². The molecule has 1 unspecified atom stereocenters. The summed E-state index contributed by atoms with van der Waals surface area (Å²) in [5, 5.41) is 7.52. The Morgan fingerprint density at radius 3 is 3.15 bits per heavy atom. The standard InChI is InChI=1S/C13H23N5O2/c1-14-13(15-8-11-4-5-16-17(11)2)18-6-7-20-12(9-18)10-19-3/h4-5,12H,6-10H2,1-3H3,(H,14,15). The van der Waals surface area contributed by atoms with Crippen molar-refractivity contribution in [1.29, 1.82) is 0 Å². The molecule has 7 nitrogen and oxygen atoms in total. The minimum atomic E-state index is 0.101. The number of nitrogens with one attached hydrogen (secondary N) is 1. The fraction of sp³-hybridized carbons (Fsp3) is 0.692. The number of rotatable bonds is 4. The fourth-order valence-electron chi connectivity index (χ4n) is 2.28. The van der Waals surface area contributed by atoms with Gasteiger partial charge in [-0.3, -0.25) is 9.67 Å². The third-order valence-electron chi connectivity index (χ3n) is 3.35. The monoisotopic (exact) mass is 281 g/mol. The number of aromatic nitrogens is 2. The van der Waals surface area contributed by atoms with Crippen LogP contribution in [0.3, 0.4) is 0 Å². The molecule has 1 aromatic heterocycles. The van der Waals surface area contributed by atoms with E-state index < -0.39 is 0 Å². The van der Waals surface area contributed by atoms with Crippen molar-refractivity contribution in [2.24, 2.45) is 12.0 Å². The van der Waals surface area contributed by atoms with Crippen LogP contribution in [-0.2, 0) is 23.1 Å². The molecule has 0 radical (unpaired) electrons. The van der Waals surface area contributed by atoms with Crippen molar-refractivity contribution in [3.8, 4) is 0 Å². The normalized spacial score (nSPS) is 20.2. The second-order valence-corrected chi connectivity index (χ2v) is 4.74. The van der Waals surface area contributed by atoms with E-state index in [4.69, 9.17) is 9.47 Å². The summed E-state index contributed by atoms with van der Waals surface area (Å²) in [5.41, 5.74) is 1.12. The molecule has 7 heteroatoms. The van der Waals surface area contributed by atoms with Crippen LogP contribution >= 0.6 is 0 Å². The number of aliphatic imine (C=N–C) groups is 1. The van der Waals surface area contributed by atoms with E-state index in [0.29, 0.717) is 19.8 Å². The quantitative estimate of drug-likeness (QED) is 0.614. The van der Waals surface area contributed by atoms with Crippen molar-refractivity contribution in [3.05, 3.63) is 18.0 Å². The lowest BCUT2D eigenvalue weighted by Gasteiger charge is -2.34. The van der Waals surface area contributed by atoms with Crippen molar-refractivity contribution in [2.75, 3.05) is 40.5 Å². The first-order valence-electron chi connectivity index (χ1n) is 6.77. The van der Waals surface area contributed by atoms with Gasteiger partial charge in [-0.25, -0.2) is 0 Å². The highest BCUT2D eigenvalue weighted by Gasteiger charge is 2.22. The summed E-state index contributed by atoms with van der Waals surface area (Å²) in [6, 6.07) is 1.99. The highest BCUT2D eigenvalue weighted by molar-refractivity contribution is 5.79. The SMILES string of the molecule is CN=C(NCc1ccnn1C)N1CCOC(COC)C1. The van der Waals surface area contributed by atoms with E-state index in [9.17, 15) is 0 Å². The number of ether oxygens (including phenoxy) is 2. The lowest BCUT2D eigenvalue weighted by atomic mass is 10.3. The molecule has 1 aliphatic rings. The van der Waals surface area contributed by atoms with Gasteiger partial charge in [-0.05, 0) is 6.07 Å². The first kappa shape index (κ1) is 14.8. The predicted octanol–water partition coefficient (Wildman–Crippen LogP) is -0.157. The van der Waals surface area contributed by atoms with Crippen LogP contribution in [0, 0.1) is 0 Å². The van der Waals surface area contributed by atoms with Crippen molar-refractivity contribution >= 4 is 5.96 Å². The maximum atomic E-state index is 5.65. The summed E-state index contributed by atoms with van der Waals surface area (Å²) in [4.78, 5) is 6.54. The Labute approximate surface area is 119 Å². The minimum absolute atomic E-state index is 0.101. The molecule has 0 aromatic carbocycles. The van der Waals surface area contributed by atoms with Gasteiger partial charge in [0.15, 0.2) is 5.96 Å². The molecule has 0 spiro atoms. The Hall–Kier alpha value is -1.60. The largest absolute Gasteiger partial charge is 0.382 e. The third kappa shape index (κ3) is 3.71. The van der Waals surface area contributed by atoms with Crippen LogP contribution in [0.4, 0.5) is 0 Å². The van der Waals surface area contributed by atoms with Gasteiger partial charge >= 0.3 is 0 Å². The average molecular weight is 281 g/mol. The lowest BCUT2D eigenvalue weighted by Crippen LogP contribution is -2.51. The first-order valence-corrected chi connectivity index (χ1v) is 6.77. The van der Waals surface area contributed by atoms with Crippen molar-refractivity contribution in [1.82, 2.24) is 20.0 Å². The van der Waals surface area contributed by atoms with Gasteiger partial charge in [0, 0.05) is 40.5 Å². The summed E-state index contributed by atoms with van der Waals surface area (Å²) in [7, 11) is 5.42. The van der Waals surface area contributed by atoms with Gasteiger partial charge in [0.25, 0.3) is 0 Å². The van der Waals surface area contributed by atoms with Gasteiger partial charge in [-0.15, -0.1) is 0 Å². The molecular weight excluding hydrogens is 258 g/mol. The zero-order valence-corrected chi connectivity index (χ0v) is 12.4. The second kappa shape index (κ2) is 7.25. The highest BCUT2D eigenvalue weighted by atomic mass is 16.5. The molecular formula is C13H23N5O2. The van der Waals surface area contributed by atoms with E-state index >= 15 is 0 Å². The number of hydrogen-bond acceptors (Lipinski definition) is 4. The van der Waals surface area contributed by atoms with Gasteiger partial charge < -0.3 is 19.7 Å². The molecule has 1 atom stereocenters. The Kier molecular flexibility index (Phi) is 5.37. The van der Waals surface area contributed by atoms with Gasteiger partial charge in [0.05, 0.1) is 31.6 Å². The number of aryl methyl sites for hydroxylation is 1. The lowest BCUT2D eigenvalue weighted by molar-refractivity contribution is -0.0447. The molecule has 0 saturated carbocycles. The van der Waals surface area contributed by atoms with E-state index in [1.165, 1.54) is 0 Å². The zero-order valence-electron chi connectivity index (χ0n) is 12.4.